The molecule has 21 heavy (non-hydrogen) atoms. The van der Waals surface area contributed by atoms with Crippen molar-refractivity contribution in [1.82, 2.24) is 5.32 Å². The fourth-order valence-electron chi connectivity index (χ4n) is 1.85. The average Bonchev–Trinajstić information content (AvgIpc) is 2.94. The standard InChI is InChI=1S/C16H19NO4/c1-11-3-4-12(2)15(9-11)20-10-13-5-6-14(21-13)16(19)17-7-8-18/h3-6,9,18H,7-8,10H2,1-2H3,(H,17,19). The summed E-state index contributed by atoms with van der Waals surface area (Å²) >= 11 is 0. The third-order valence-corrected chi connectivity index (χ3v) is 3.00. The number of rotatable bonds is 6. The van der Waals surface area contributed by atoms with Gasteiger partial charge in [-0.25, -0.2) is 0 Å². The third-order valence-electron chi connectivity index (χ3n) is 3.00. The van der Waals surface area contributed by atoms with Crippen molar-refractivity contribution in [3.63, 3.8) is 0 Å². The third kappa shape index (κ3) is 4.10. The first-order valence-electron chi connectivity index (χ1n) is 6.78. The van der Waals surface area contributed by atoms with E-state index in [-0.39, 0.29) is 31.4 Å². The van der Waals surface area contributed by atoms with Crippen LogP contribution in [0.2, 0.25) is 0 Å². The Morgan fingerprint density at radius 3 is 2.86 bits per heavy atom. The second kappa shape index (κ2) is 6.95. The number of aryl methyl sites for hydroxylation is 2. The number of hydrogen-bond acceptors (Lipinski definition) is 4. The van der Waals surface area contributed by atoms with Crippen molar-refractivity contribution in [2.75, 3.05) is 13.2 Å². The zero-order valence-electron chi connectivity index (χ0n) is 12.2. The summed E-state index contributed by atoms with van der Waals surface area (Å²) < 4.78 is 11.1. The largest absolute Gasteiger partial charge is 0.485 e. The minimum atomic E-state index is -0.345. The van der Waals surface area contributed by atoms with E-state index in [2.05, 4.69) is 5.32 Å². The quantitative estimate of drug-likeness (QED) is 0.855. The highest BCUT2D eigenvalue weighted by Gasteiger charge is 2.11. The molecule has 0 saturated heterocycles. The number of carbonyl (C=O) groups is 1. The fourth-order valence-corrected chi connectivity index (χ4v) is 1.85. The number of aliphatic hydroxyl groups is 1. The van der Waals surface area contributed by atoms with Crippen LogP contribution >= 0.6 is 0 Å². The SMILES string of the molecule is Cc1ccc(C)c(OCc2ccc(C(=O)NCCO)o2)c1. The molecule has 112 valence electrons. The molecule has 2 rings (SSSR count). The van der Waals surface area contributed by atoms with Crippen LogP contribution in [0.25, 0.3) is 0 Å². The minimum absolute atomic E-state index is 0.102. The highest BCUT2D eigenvalue weighted by molar-refractivity contribution is 5.91. The van der Waals surface area contributed by atoms with E-state index < -0.39 is 0 Å². The van der Waals surface area contributed by atoms with E-state index in [0.29, 0.717) is 5.76 Å². The van der Waals surface area contributed by atoms with Gasteiger partial charge in [-0.3, -0.25) is 4.79 Å². The smallest absolute Gasteiger partial charge is 0.287 e. The highest BCUT2D eigenvalue weighted by Crippen LogP contribution is 2.21. The number of carbonyl (C=O) groups excluding carboxylic acids is 1. The Labute approximate surface area is 123 Å². The lowest BCUT2D eigenvalue weighted by Crippen LogP contribution is -2.25. The van der Waals surface area contributed by atoms with Crippen molar-refractivity contribution < 1.29 is 19.1 Å². The molecule has 0 spiro atoms. The first-order valence-corrected chi connectivity index (χ1v) is 6.78. The molecule has 0 fully saturated rings. The maximum absolute atomic E-state index is 11.6. The molecule has 1 heterocycles. The van der Waals surface area contributed by atoms with Crippen molar-refractivity contribution in [3.8, 4) is 5.75 Å². The summed E-state index contributed by atoms with van der Waals surface area (Å²) in [5.41, 5.74) is 2.17. The number of amides is 1. The Morgan fingerprint density at radius 2 is 2.10 bits per heavy atom. The molecule has 1 aromatic heterocycles. The molecule has 0 aliphatic rings. The van der Waals surface area contributed by atoms with Gasteiger partial charge in [-0.2, -0.15) is 0 Å². The van der Waals surface area contributed by atoms with E-state index >= 15 is 0 Å². The van der Waals surface area contributed by atoms with Crippen LogP contribution in [0.1, 0.15) is 27.4 Å². The molecule has 2 aromatic rings. The summed E-state index contributed by atoms with van der Waals surface area (Å²) in [4.78, 5) is 11.6. The van der Waals surface area contributed by atoms with Gasteiger partial charge in [0.15, 0.2) is 5.76 Å². The summed E-state index contributed by atoms with van der Waals surface area (Å²) in [6.45, 7) is 4.34. The van der Waals surface area contributed by atoms with E-state index in [9.17, 15) is 4.79 Å². The van der Waals surface area contributed by atoms with E-state index in [4.69, 9.17) is 14.3 Å². The van der Waals surface area contributed by atoms with Crippen LogP contribution in [-0.4, -0.2) is 24.2 Å². The van der Waals surface area contributed by atoms with Crippen LogP contribution in [0.4, 0.5) is 0 Å². The second-order valence-electron chi connectivity index (χ2n) is 4.80. The molecule has 0 aliphatic carbocycles. The summed E-state index contributed by atoms with van der Waals surface area (Å²) in [6.07, 6.45) is 0. The predicted octanol–water partition coefficient (Wildman–Crippen LogP) is 2.20. The molecule has 0 unspecified atom stereocenters. The number of aliphatic hydroxyl groups excluding tert-OH is 1. The Hall–Kier alpha value is -2.27. The topological polar surface area (TPSA) is 71.7 Å². The van der Waals surface area contributed by atoms with Crippen molar-refractivity contribution in [1.29, 1.82) is 0 Å². The summed E-state index contributed by atoms with van der Waals surface area (Å²) in [6, 6.07) is 9.29. The maximum atomic E-state index is 11.6. The molecule has 5 heteroatoms. The number of benzene rings is 1. The molecule has 5 nitrogen and oxygen atoms in total. The molecule has 0 aliphatic heterocycles. The lowest BCUT2D eigenvalue weighted by atomic mass is 10.1. The Bertz CT molecular complexity index is 618. The molecular weight excluding hydrogens is 270 g/mol. The molecule has 0 atom stereocenters. The van der Waals surface area contributed by atoms with Gasteiger partial charge in [-0.1, -0.05) is 12.1 Å². The van der Waals surface area contributed by atoms with Gasteiger partial charge >= 0.3 is 0 Å². The summed E-state index contributed by atoms with van der Waals surface area (Å²) in [5, 5.41) is 11.2. The zero-order valence-corrected chi connectivity index (χ0v) is 12.2. The zero-order chi connectivity index (χ0) is 15.2. The van der Waals surface area contributed by atoms with E-state index in [1.54, 1.807) is 12.1 Å². The van der Waals surface area contributed by atoms with Gasteiger partial charge in [0, 0.05) is 6.54 Å². The predicted molar refractivity (Wildman–Crippen MR) is 78.4 cm³/mol. The van der Waals surface area contributed by atoms with Crippen LogP contribution in [-0.2, 0) is 6.61 Å². The molecule has 1 aromatic carbocycles. The molecule has 0 saturated carbocycles. The van der Waals surface area contributed by atoms with Gasteiger partial charge < -0.3 is 19.6 Å². The van der Waals surface area contributed by atoms with Crippen molar-refractivity contribution in [3.05, 3.63) is 53.0 Å². The lowest BCUT2D eigenvalue weighted by Gasteiger charge is -2.08. The molecule has 2 N–H and O–H groups in total. The van der Waals surface area contributed by atoms with Crippen LogP contribution in [0, 0.1) is 13.8 Å². The normalized spacial score (nSPS) is 10.4. The highest BCUT2D eigenvalue weighted by atomic mass is 16.5. The van der Waals surface area contributed by atoms with Crippen molar-refractivity contribution in [2.24, 2.45) is 0 Å². The average molecular weight is 289 g/mol. The summed E-state index contributed by atoms with van der Waals surface area (Å²) in [5.74, 6) is 1.24. The van der Waals surface area contributed by atoms with Crippen LogP contribution in [0.15, 0.2) is 34.7 Å². The molecular formula is C16H19NO4. The van der Waals surface area contributed by atoms with E-state index in [1.807, 2.05) is 32.0 Å². The van der Waals surface area contributed by atoms with Gasteiger partial charge in [0.25, 0.3) is 5.91 Å². The van der Waals surface area contributed by atoms with E-state index in [0.717, 1.165) is 16.9 Å². The minimum Gasteiger partial charge on any atom is -0.485 e. The van der Waals surface area contributed by atoms with Gasteiger partial charge in [0.05, 0.1) is 6.61 Å². The van der Waals surface area contributed by atoms with Crippen molar-refractivity contribution >= 4 is 5.91 Å². The van der Waals surface area contributed by atoms with Crippen LogP contribution < -0.4 is 10.1 Å². The maximum Gasteiger partial charge on any atom is 0.287 e. The van der Waals surface area contributed by atoms with Crippen molar-refractivity contribution in [2.45, 2.75) is 20.5 Å². The number of nitrogens with one attached hydrogen (secondary N) is 1. The monoisotopic (exact) mass is 289 g/mol. The number of furan rings is 1. The van der Waals surface area contributed by atoms with Crippen LogP contribution in [0.5, 0.6) is 5.75 Å². The molecule has 1 amide bonds. The summed E-state index contributed by atoms with van der Waals surface area (Å²) in [7, 11) is 0. The Kier molecular flexibility index (Phi) is 5.00. The van der Waals surface area contributed by atoms with Crippen LogP contribution in [0.3, 0.4) is 0 Å². The Morgan fingerprint density at radius 1 is 1.29 bits per heavy atom. The Balaban J connectivity index is 1.96. The molecule has 0 bridgehead atoms. The number of hydrogen-bond donors (Lipinski definition) is 2. The first kappa shape index (κ1) is 15.1. The molecule has 0 radical (unpaired) electrons. The van der Waals surface area contributed by atoms with E-state index in [1.165, 1.54) is 0 Å². The fraction of sp³-hybridized carbons (Fsp3) is 0.312. The van der Waals surface area contributed by atoms with Gasteiger partial charge in [0.2, 0.25) is 0 Å². The van der Waals surface area contributed by atoms with Gasteiger partial charge in [-0.05, 0) is 43.2 Å². The number of ether oxygens (including phenoxy) is 1. The second-order valence-corrected chi connectivity index (χ2v) is 4.80. The van der Waals surface area contributed by atoms with Gasteiger partial charge in [0.1, 0.15) is 18.1 Å². The first-order chi connectivity index (χ1) is 10.1. The van der Waals surface area contributed by atoms with Gasteiger partial charge in [-0.15, -0.1) is 0 Å². The lowest BCUT2D eigenvalue weighted by molar-refractivity contribution is 0.0913.